The molecule has 20 heavy (non-hydrogen) atoms. The molecule has 108 valence electrons. The maximum absolute atomic E-state index is 12.1. The molecule has 4 heteroatoms. The number of carbonyl (C=O) groups is 1. The average molecular weight is 312 g/mol. The predicted octanol–water partition coefficient (Wildman–Crippen LogP) is 4.23. The fourth-order valence-electron chi connectivity index (χ4n) is 3.71. The fraction of sp³-hybridized carbons (Fsp3) is 0.562. The third-order valence-corrected chi connectivity index (χ3v) is 5.46. The molecular formula is C16H19Cl2NO. The van der Waals surface area contributed by atoms with Crippen molar-refractivity contribution in [3.63, 3.8) is 0 Å². The Morgan fingerprint density at radius 1 is 1.20 bits per heavy atom. The van der Waals surface area contributed by atoms with Crippen LogP contribution in [-0.2, 0) is 11.2 Å². The summed E-state index contributed by atoms with van der Waals surface area (Å²) < 4.78 is 0. The van der Waals surface area contributed by atoms with Crippen LogP contribution in [0.15, 0.2) is 18.2 Å². The van der Waals surface area contributed by atoms with E-state index in [0.29, 0.717) is 34.8 Å². The lowest BCUT2D eigenvalue weighted by Crippen LogP contribution is -2.38. The molecule has 2 fully saturated rings. The van der Waals surface area contributed by atoms with E-state index in [1.165, 1.54) is 25.7 Å². The maximum atomic E-state index is 12.1. The molecule has 0 aromatic heterocycles. The summed E-state index contributed by atoms with van der Waals surface area (Å²) in [7, 11) is 0. The van der Waals surface area contributed by atoms with Crippen molar-refractivity contribution >= 4 is 29.1 Å². The van der Waals surface area contributed by atoms with E-state index in [-0.39, 0.29) is 5.91 Å². The molecule has 1 aromatic rings. The largest absolute Gasteiger partial charge is 0.353 e. The minimum absolute atomic E-state index is 0.124. The molecule has 1 aromatic carbocycles. The van der Waals surface area contributed by atoms with Gasteiger partial charge in [0.2, 0.25) is 5.91 Å². The van der Waals surface area contributed by atoms with Crippen molar-refractivity contribution in [3.8, 4) is 0 Å². The molecule has 0 unspecified atom stereocenters. The Hall–Kier alpha value is -0.730. The van der Waals surface area contributed by atoms with Crippen LogP contribution < -0.4 is 5.32 Å². The number of halogens is 2. The van der Waals surface area contributed by atoms with E-state index < -0.39 is 0 Å². The lowest BCUT2D eigenvalue weighted by molar-refractivity contribution is -0.122. The number of hydrogen-bond donors (Lipinski definition) is 1. The Morgan fingerprint density at radius 3 is 2.55 bits per heavy atom. The molecule has 0 spiro atoms. The molecule has 2 aliphatic rings. The van der Waals surface area contributed by atoms with Crippen LogP contribution in [0, 0.1) is 11.8 Å². The number of carbonyl (C=O) groups excluding carboxylic acids is 1. The molecule has 3 rings (SSSR count). The third-order valence-electron chi connectivity index (χ3n) is 4.75. The molecule has 0 heterocycles. The van der Waals surface area contributed by atoms with Crippen LogP contribution >= 0.6 is 23.2 Å². The second-order valence-electron chi connectivity index (χ2n) is 6.05. The van der Waals surface area contributed by atoms with E-state index in [2.05, 4.69) is 5.32 Å². The van der Waals surface area contributed by atoms with Gasteiger partial charge in [-0.3, -0.25) is 4.79 Å². The second kappa shape index (κ2) is 5.95. The minimum atomic E-state index is 0.124. The van der Waals surface area contributed by atoms with Gasteiger partial charge in [0.1, 0.15) is 0 Å². The van der Waals surface area contributed by atoms with Crippen LogP contribution in [0.25, 0.3) is 0 Å². The molecule has 1 N–H and O–H groups in total. The molecule has 0 saturated heterocycles. The molecule has 2 bridgehead atoms. The van der Waals surface area contributed by atoms with Gasteiger partial charge in [0.25, 0.3) is 0 Å². The van der Waals surface area contributed by atoms with Crippen molar-refractivity contribution in [2.75, 3.05) is 0 Å². The highest BCUT2D eigenvalue weighted by atomic mass is 35.5. The zero-order valence-corrected chi connectivity index (χ0v) is 12.9. The summed E-state index contributed by atoms with van der Waals surface area (Å²) in [6, 6.07) is 5.86. The summed E-state index contributed by atoms with van der Waals surface area (Å²) in [5.41, 5.74) is 0.874. The molecule has 0 aliphatic heterocycles. The van der Waals surface area contributed by atoms with E-state index in [9.17, 15) is 4.79 Å². The monoisotopic (exact) mass is 311 g/mol. The highest BCUT2D eigenvalue weighted by Gasteiger charge is 2.39. The number of amides is 1. The fourth-order valence-corrected chi connectivity index (χ4v) is 4.30. The van der Waals surface area contributed by atoms with Gasteiger partial charge >= 0.3 is 0 Å². The lowest BCUT2D eigenvalue weighted by atomic mass is 9.95. The van der Waals surface area contributed by atoms with Gasteiger partial charge in [-0.2, -0.15) is 0 Å². The molecular weight excluding hydrogens is 293 g/mol. The summed E-state index contributed by atoms with van der Waals surface area (Å²) in [6.45, 7) is 0. The van der Waals surface area contributed by atoms with Crippen molar-refractivity contribution in [3.05, 3.63) is 33.8 Å². The van der Waals surface area contributed by atoms with Crippen LogP contribution in [0.5, 0.6) is 0 Å². The Balaban J connectivity index is 1.52. The molecule has 2 nitrogen and oxygen atoms in total. The summed E-state index contributed by atoms with van der Waals surface area (Å²) in [5.74, 6) is 1.69. The Morgan fingerprint density at radius 2 is 1.95 bits per heavy atom. The van der Waals surface area contributed by atoms with Crippen molar-refractivity contribution in [2.45, 2.75) is 44.6 Å². The maximum Gasteiger partial charge on any atom is 0.220 e. The zero-order valence-electron chi connectivity index (χ0n) is 11.4. The SMILES string of the molecule is O=C(CCc1c(Cl)cccc1Cl)N[C@H]1C[C@H]2CC[C@@H]1C2. The summed E-state index contributed by atoms with van der Waals surface area (Å²) in [5, 5.41) is 4.48. The number of benzene rings is 1. The number of hydrogen-bond acceptors (Lipinski definition) is 1. The van der Waals surface area contributed by atoms with Crippen LogP contribution in [0.4, 0.5) is 0 Å². The Labute approximate surface area is 129 Å². The van der Waals surface area contributed by atoms with Gasteiger partial charge in [-0.15, -0.1) is 0 Å². The quantitative estimate of drug-likeness (QED) is 0.885. The molecule has 1 amide bonds. The Bertz CT molecular complexity index is 497. The predicted molar refractivity (Wildman–Crippen MR) is 82.2 cm³/mol. The minimum Gasteiger partial charge on any atom is -0.353 e. The van der Waals surface area contributed by atoms with E-state index >= 15 is 0 Å². The topological polar surface area (TPSA) is 29.1 Å². The zero-order chi connectivity index (χ0) is 14.1. The van der Waals surface area contributed by atoms with E-state index in [0.717, 1.165) is 11.5 Å². The van der Waals surface area contributed by atoms with Crippen molar-refractivity contribution in [1.29, 1.82) is 0 Å². The molecule has 3 atom stereocenters. The van der Waals surface area contributed by atoms with Gasteiger partial charge < -0.3 is 5.32 Å². The number of nitrogens with one attached hydrogen (secondary N) is 1. The third kappa shape index (κ3) is 2.96. The molecule has 2 saturated carbocycles. The summed E-state index contributed by atoms with van der Waals surface area (Å²) >= 11 is 12.2. The smallest absolute Gasteiger partial charge is 0.220 e. The second-order valence-corrected chi connectivity index (χ2v) is 6.86. The normalized spacial score (nSPS) is 27.8. The number of fused-ring (bicyclic) bond motifs is 2. The highest BCUT2D eigenvalue weighted by Crippen LogP contribution is 2.44. The van der Waals surface area contributed by atoms with Gasteiger partial charge in [-0.25, -0.2) is 0 Å². The van der Waals surface area contributed by atoms with Gasteiger partial charge in [0.15, 0.2) is 0 Å². The lowest BCUT2D eigenvalue weighted by Gasteiger charge is -2.23. The summed E-state index contributed by atoms with van der Waals surface area (Å²) in [4.78, 5) is 12.1. The van der Waals surface area contributed by atoms with E-state index in [1.807, 2.05) is 18.2 Å². The van der Waals surface area contributed by atoms with E-state index in [4.69, 9.17) is 23.2 Å². The number of rotatable bonds is 4. The first-order chi connectivity index (χ1) is 9.63. The Kier molecular flexibility index (Phi) is 4.23. The van der Waals surface area contributed by atoms with Gasteiger partial charge in [0.05, 0.1) is 0 Å². The standard InChI is InChI=1S/C16H19Cl2NO/c17-13-2-1-3-14(18)12(13)6-7-16(20)19-15-9-10-4-5-11(15)8-10/h1-3,10-11,15H,4-9H2,(H,19,20)/t10-,11+,15-/m0/s1. The van der Waals surface area contributed by atoms with Gasteiger partial charge in [0, 0.05) is 22.5 Å². The average Bonchev–Trinajstić information content (AvgIpc) is 3.00. The summed E-state index contributed by atoms with van der Waals surface area (Å²) in [6.07, 6.45) is 6.17. The van der Waals surface area contributed by atoms with Crippen LogP contribution in [0.3, 0.4) is 0 Å². The molecule has 0 radical (unpaired) electrons. The van der Waals surface area contributed by atoms with Crippen molar-refractivity contribution < 1.29 is 4.79 Å². The van der Waals surface area contributed by atoms with Crippen LogP contribution in [0.1, 0.15) is 37.7 Å². The first-order valence-electron chi connectivity index (χ1n) is 7.35. The highest BCUT2D eigenvalue weighted by molar-refractivity contribution is 6.36. The van der Waals surface area contributed by atoms with Crippen LogP contribution in [0.2, 0.25) is 10.0 Å². The first kappa shape index (κ1) is 14.2. The first-order valence-corrected chi connectivity index (χ1v) is 8.11. The van der Waals surface area contributed by atoms with Gasteiger partial charge in [-0.05, 0) is 55.2 Å². The van der Waals surface area contributed by atoms with Crippen molar-refractivity contribution in [2.24, 2.45) is 11.8 Å². The van der Waals surface area contributed by atoms with Gasteiger partial charge in [-0.1, -0.05) is 35.7 Å². The van der Waals surface area contributed by atoms with E-state index in [1.54, 1.807) is 0 Å². The van der Waals surface area contributed by atoms with Crippen LogP contribution in [-0.4, -0.2) is 11.9 Å². The molecule has 2 aliphatic carbocycles. The van der Waals surface area contributed by atoms with Crippen molar-refractivity contribution in [1.82, 2.24) is 5.32 Å².